The Balaban J connectivity index is 1.54. The lowest BCUT2D eigenvalue weighted by atomic mass is 9.85. The Morgan fingerprint density at radius 3 is 2.32 bits per heavy atom. The van der Waals surface area contributed by atoms with Crippen molar-refractivity contribution in [3.05, 3.63) is 101 Å². The first-order valence-electron chi connectivity index (χ1n) is 13.3. The number of rotatable bonds is 9. The van der Waals surface area contributed by atoms with E-state index in [0.29, 0.717) is 5.56 Å². The fourth-order valence-electron chi connectivity index (χ4n) is 5.26. The van der Waals surface area contributed by atoms with E-state index >= 15 is 0 Å². The number of anilines is 2. The summed E-state index contributed by atoms with van der Waals surface area (Å²) in [5.41, 5.74) is 6.33. The monoisotopic (exact) mass is 515 g/mol. The number of likely N-dealkylation sites (tertiary alicyclic amines) is 1. The second-order valence-electron chi connectivity index (χ2n) is 10.2. The van der Waals surface area contributed by atoms with Gasteiger partial charge in [-0.3, -0.25) is 4.79 Å². The van der Waals surface area contributed by atoms with Crippen molar-refractivity contribution in [3.8, 4) is 0 Å². The second-order valence-corrected chi connectivity index (χ2v) is 10.7. The van der Waals surface area contributed by atoms with E-state index in [1.165, 1.54) is 19.3 Å². The van der Waals surface area contributed by atoms with Crippen LogP contribution in [-0.4, -0.2) is 23.9 Å². The third-order valence-electron chi connectivity index (χ3n) is 7.34. The molecular weight excluding hydrogens is 478 g/mol. The van der Waals surface area contributed by atoms with Crippen LogP contribution in [0, 0.1) is 6.92 Å². The predicted octanol–water partition coefficient (Wildman–Crippen LogP) is 8.48. The topological polar surface area (TPSA) is 44.4 Å². The van der Waals surface area contributed by atoms with Crippen molar-refractivity contribution in [2.75, 3.05) is 23.7 Å². The average molecular weight is 516 g/mol. The molecule has 1 amide bonds. The van der Waals surface area contributed by atoms with E-state index in [4.69, 9.17) is 11.6 Å². The van der Waals surface area contributed by atoms with E-state index in [2.05, 4.69) is 49.0 Å². The Hall–Kier alpha value is -3.24. The molecule has 1 atom stereocenters. The number of carbonyl (C=O) groups excluding carboxylic acids is 1. The van der Waals surface area contributed by atoms with Crippen LogP contribution in [0.4, 0.5) is 11.4 Å². The summed E-state index contributed by atoms with van der Waals surface area (Å²) in [5.74, 6) is -0.121. The largest absolute Gasteiger partial charge is 0.376 e. The number of amides is 1. The molecule has 1 heterocycles. The predicted molar refractivity (Wildman–Crippen MR) is 157 cm³/mol. The zero-order valence-electron chi connectivity index (χ0n) is 22.2. The highest BCUT2D eigenvalue weighted by Gasteiger charge is 2.29. The molecule has 1 aliphatic heterocycles. The highest BCUT2D eigenvalue weighted by Crippen LogP contribution is 2.37. The SMILES string of the molecule is C=C(c1ccc(C(=O)Nc2ccccc2C(C)(CCC)Nc2ccc(Cl)cc2C)cc1)N1CCCCC1. The smallest absolute Gasteiger partial charge is 0.255 e. The van der Waals surface area contributed by atoms with Gasteiger partial charge in [0.25, 0.3) is 5.91 Å². The molecule has 1 unspecified atom stereocenters. The molecule has 194 valence electrons. The molecule has 4 rings (SSSR count). The molecule has 4 nitrogen and oxygen atoms in total. The minimum absolute atomic E-state index is 0.121. The highest BCUT2D eigenvalue weighted by molar-refractivity contribution is 6.30. The summed E-state index contributed by atoms with van der Waals surface area (Å²) in [6.45, 7) is 12.8. The Morgan fingerprint density at radius 2 is 1.65 bits per heavy atom. The van der Waals surface area contributed by atoms with Gasteiger partial charge in [0.15, 0.2) is 0 Å². The van der Waals surface area contributed by atoms with Crippen molar-refractivity contribution in [2.45, 2.75) is 58.4 Å². The van der Waals surface area contributed by atoms with Gasteiger partial charge in [-0.05, 0) is 87.1 Å². The number of nitrogens with one attached hydrogen (secondary N) is 2. The number of nitrogens with zero attached hydrogens (tertiary/aromatic N) is 1. The third-order valence-corrected chi connectivity index (χ3v) is 7.57. The molecule has 0 radical (unpaired) electrons. The maximum absolute atomic E-state index is 13.3. The van der Waals surface area contributed by atoms with Gasteiger partial charge in [0.2, 0.25) is 0 Å². The Morgan fingerprint density at radius 1 is 0.973 bits per heavy atom. The maximum atomic E-state index is 13.3. The number of aryl methyl sites for hydroxylation is 1. The summed E-state index contributed by atoms with van der Waals surface area (Å²) >= 11 is 6.19. The van der Waals surface area contributed by atoms with Crippen LogP contribution < -0.4 is 10.6 Å². The quantitative estimate of drug-likeness (QED) is 0.300. The fourth-order valence-corrected chi connectivity index (χ4v) is 5.48. The Bertz CT molecular complexity index is 1250. The van der Waals surface area contributed by atoms with Crippen LogP contribution in [0.25, 0.3) is 5.70 Å². The zero-order valence-corrected chi connectivity index (χ0v) is 23.0. The lowest BCUT2D eigenvalue weighted by molar-refractivity contribution is 0.102. The molecule has 1 saturated heterocycles. The van der Waals surface area contributed by atoms with Crippen molar-refractivity contribution in [3.63, 3.8) is 0 Å². The molecule has 0 aromatic heterocycles. The molecule has 1 aliphatic rings. The van der Waals surface area contributed by atoms with Crippen LogP contribution in [0.15, 0.2) is 73.3 Å². The summed E-state index contributed by atoms with van der Waals surface area (Å²) in [6.07, 6.45) is 5.59. The van der Waals surface area contributed by atoms with Gasteiger partial charge in [-0.1, -0.05) is 61.9 Å². The second kappa shape index (κ2) is 11.9. The van der Waals surface area contributed by atoms with E-state index in [1.54, 1.807) is 0 Å². The third kappa shape index (κ3) is 6.37. The van der Waals surface area contributed by atoms with Gasteiger partial charge in [-0.2, -0.15) is 0 Å². The van der Waals surface area contributed by atoms with Crippen molar-refractivity contribution in [1.29, 1.82) is 0 Å². The lowest BCUT2D eigenvalue weighted by Gasteiger charge is -2.35. The van der Waals surface area contributed by atoms with Gasteiger partial charge in [-0.15, -0.1) is 0 Å². The Kier molecular flexibility index (Phi) is 8.60. The minimum atomic E-state index is -0.382. The van der Waals surface area contributed by atoms with Crippen molar-refractivity contribution < 1.29 is 4.79 Å². The Labute approximate surface area is 226 Å². The van der Waals surface area contributed by atoms with Gasteiger partial charge in [0.05, 0.1) is 5.54 Å². The van der Waals surface area contributed by atoms with Gasteiger partial charge in [0, 0.05) is 46.3 Å². The number of benzene rings is 3. The number of carbonyl (C=O) groups is 1. The van der Waals surface area contributed by atoms with Crippen molar-refractivity contribution in [2.24, 2.45) is 0 Å². The van der Waals surface area contributed by atoms with Crippen LogP contribution >= 0.6 is 11.6 Å². The fraction of sp³-hybridized carbons (Fsp3) is 0.344. The van der Waals surface area contributed by atoms with Crippen LogP contribution in [-0.2, 0) is 5.54 Å². The summed E-state index contributed by atoms with van der Waals surface area (Å²) in [4.78, 5) is 15.7. The van der Waals surface area contributed by atoms with Crippen molar-refractivity contribution >= 4 is 34.6 Å². The first kappa shape index (κ1) is 26.8. The first-order chi connectivity index (χ1) is 17.8. The number of hydrogen-bond acceptors (Lipinski definition) is 3. The summed E-state index contributed by atoms with van der Waals surface area (Å²) in [6, 6.07) is 21.7. The normalized spacial score (nSPS) is 15.1. The van der Waals surface area contributed by atoms with E-state index in [-0.39, 0.29) is 11.4 Å². The van der Waals surface area contributed by atoms with Gasteiger partial charge >= 0.3 is 0 Å². The van der Waals surface area contributed by atoms with Crippen LogP contribution in [0.3, 0.4) is 0 Å². The number of piperidine rings is 1. The van der Waals surface area contributed by atoms with E-state index < -0.39 is 0 Å². The van der Waals surface area contributed by atoms with Gasteiger partial charge in [-0.25, -0.2) is 0 Å². The molecule has 0 spiro atoms. The summed E-state index contributed by atoms with van der Waals surface area (Å²) in [5, 5.41) is 7.65. The molecule has 1 fully saturated rings. The lowest BCUT2D eigenvalue weighted by Crippen LogP contribution is -2.33. The van der Waals surface area contributed by atoms with Crippen molar-refractivity contribution in [1.82, 2.24) is 4.90 Å². The van der Waals surface area contributed by atoms with E-state index in [1.807, 2.05) is 60.7 Å². The average Bonchev–Trinajstić information content (AvgIpc) is 2.91. The molecule has 37 heavy (non-hydrogen) atoms. The molecular formula is C32H38ClN3O. The number of para-hydroxylation sites is 1. The molecule has 2 N–H and O–H groups in total. The summed E-state index contributed by atoms with van der Waals surface area (Å²) < 4.78 is 0. The molecule has 0 saturated carbocycles. The standard InChI is InChI=1S/C32H38ClN3O/c1-5-19-32(4,35-29-18-17-27(33)22-23(29)2)28-11-7-8-12-30(28)34-31(37)26-15-13-25(14-16-26)24(3)36-20-9-6-10-21-36/h7-8,11-18,22,35H,3,5-6,9-10,19-21H2,1-2,4H3,(H,34,37). The maximum Gasteiger partial charge on any atom is 0.255 e. The molecule has 0 bridgehead atoms. The van der Waals surface area contributed by atoms with E-state index in [9.17, 15) is 4.79 Å². The molecule has 3 aromatic rings. The van der Waals surface area contributed by atoms with E-state index in [0.717, 1.165) is 64.7 Å². The van der Waals surface area contributed by atoms with Crippen LogP contribution in [0.1, 0.15) is 73.0 Å². The van der Waals surface area contributed by atoms with Gasteiger partial charge in [0.1, 0.15) is 0 Å². The molecule has 3 aromatic carbocycles. The minimum Gasteiger partial charge on any atom is -0.376 e. The molecule has 5 heteroatoms. The van der Waals surface area contributed by atoms with Crippen LogP contribution in [0.2, 0.25) is 5.02 Å². The number of hydrogen-bond donors (Lipinski definition) is 2. The molecule has 0 aliphatic carbocycles. The first-order valence-corrected chi connectivity index (χ1v) is 13.7. The zero-order chi connectivity index (χ0) is 26.4. The number of halogens is 1. The van der Waals surface area contributed by atoms with Crippen LogP contribution in [0.5, 0.6) is 0 Å². The summed E-state index contributed by atoms with van der Waals surface area (Å²) in [7, 11) is 0. The highest BCUT2D eigenvalue weighted by atomic mass is 35.5. The van der Waals surface area contributed by atoms with Gasteiger partial charge < -0.3 is 15.5 Å².